The lowest BCUT2D eigenvalue weighted by molar-refractivity contribution is 0.142. The second kappa shape index (κ2) is 6.23. The SMILES string of the molecule is CCOCCCn1cc(C)nc1NCC1CC1C. The molecule has 1 aliphatic rings. The lowest BCUT2D eigenvalue weighted by atomic mass is 10.3. The zero-order chi connectivity index (χ0) is 13.0. The van der Waals surface area contributed by atoms with Gasteiger partial charge in [-0.1, -0.05) is 6.92 Å². The number of imidazole rings is 1. The molecule has 1 saturated carbocycles. The van der Waals surface area contributed by atoms with Crippen LogP contribution in [0.2, 0.25) is 0 Å². The molecule has 0 aromatic carbocycles. The molecule has 1 aromatic heterocycles. The Balaban J connectivity index is 1.80. The fourth-order valence-corrected chi connectivity index (χ4v) is 2.25. The van der Waals surface area contributed by atoms with Gasteiger partial charge in [-0.25, -0.2) is 4.98 Å². The summed E-state index contributed by atoms with van der Waals surface area (Å²) in [5, 5.41) is 3.48. The van der Waals surface area contributed by atoms with Crippen molar-refractivity contribution in [3.63, 3.8) is 0 Å². The number of ether oxygens (including phenoxy) is 1. The van der Waals surface area contributed by atoms with Gasteiger partial charge in [-0.05, 0) is 38.5 Å². The van der Waals surface area contributed by atoms with Crippen LogP contribution in [0.25, 0.3) is 0 Å². The lowest BCUT2D eigenvalue weighted by Gasteiger charge is -2.09. The maximum absolute atomic E-state index is 5.37. The van der Waals surface area contributed by atoms with Gasteiger partial charge in [0.25, 0.3) is 0 Å². The van der Waals surface area contributed by atoms with Crippen LogP contribution in [0.3, 0.4) is 0 Å². The van der Waals surface area contributed by atoms with E-state index in [4.69, 9.17) is 4.74 Å². The fourth-order valence-electron chi connectivity index (χ4n) is 2.25. The number of rotatable bonds is 8. The standard InChI is InChI=1S/C14H25N3O/c1-4-18-7-5-6-17-10-12(3)16-14(17)15-9-13-8-11(13)2/h10-11,13H,4-9H2,1-3H3,(H,15,16). The number of aromatic nitrogens is 2. The summed E-state index contributed by atoms with van der Waals surface area (Å²) in [6, 6.07) is 0. The highest BCUT2D eigenvalue weighted by Crippen LogP contribution is 2.37. The van der Waals surface area contributed by atoms with Crippen molar-refractivity contribution in [2.45, 2.75) is 40.2 Å². The van der Waals surface area contributed by atoms with Crippen LogP contribution in [-0.2, 0) is 11.3 Å². The highest BCUT2D eigenvalue weighted by molar-refractivity contribution is 5.29. The first-order valence-electron chi connectivity index (χ1n) is 7.06. The van der Waals surface area contributed by atoms with Gasteiger partial charge in [0.05, 0.1) is 5.69 Å². The summed E-state index contributed by atoms with van der Waals surface area (Å²) in [5.41, 5.74) is 1.08. The Morgan fingerprint density at radius 3 is 3.00 bits per heavy atom. The number of anilines is 1. The van der Waals surface area contributed by atoms with Crippen LogP contribution in [-0.4, -0.2) is 29.3 Å². The molecule has 0 spiro atoms. The summed E-state index contributed by atoms with van der Waals surface area (Å²) in [4.78, 5) is 4.55. The average molecular weight is 251 g/mol. The van der Waals surface area contributed by atoms with Crippen molar-refractivity contribution in [2.75, 3.05) is 25.1 Å². The van der Waals surface area contributed by atoms with Gasteiger partial charge < -0.3 is 14.6 Å². The van der Waals surface area contributed by atoms with E-state index in [2.05, 4.69) is 28.0 Å². The van der Waals surface area contributed by atoms with Crippen molar-refractivity contribution < 1.29 is 4.74 Å². The fraction of sp³-hybridized carbons (Fsp3) is 0.786. The number of hydrogen-bond acceptors (Lipinski definition) is 3. The highest BCUT2D eigenvalue weighted by atomic mass is 16.5. The van der Waals surface area contributed by atoms with Gasteiger partial charge in [0.1, 0.15) is 0 Å². The Hall–Kier alpha value is -1.03. The molecule has 1 fully saturated rings. The molecule has 0 radical (unpaired) electrons. The van der Waals surface area contributed by atoms with Crippen molar-refractivity contribution in [1.82, 2.24) is 9.55 Å². The van der Waals surface area contributed by atoms with Gasteiger partial charge in [-0.3, -0.25) is 0 Å². The third kappa shape index (κ3) is 3.73. The van der Waals surface area contributed by atoms with Gasteiger partial charge in [-0.2, -0.15) is 0 Å². The Morgan fingerprint density at radius 1 is 1.56 bits per heavy atom. The summed E-state index contributed by atoms with van der Waals surface area (Å²) < 4.78 is 7.58. The summed E-state index contributed by atoms with van der Waals surface area (Å²) in [6.45, 7) is 10.0. The molecule has 1 heterocycles. The molecule has 4 heteroatoms. The van der Waals surface area contributed by atoms with E-state index >= 15 is 0 Å². The first-order chi connectivity index (χ1) is 8.70. The Kier molecular flexibility index (Phi) is 4.64. The van der Waals surface area contributed by atoms with Crippen LogP contribution >= 0.6 is 0 Å². The molecule has 1 aromatic rings. The van der Waals surface area contributed by atoms with Gasteiger partial charge >= 0.3 is 0 Å². The van der Waals surface area contributed by atoms with Crippen LogP contribution < -0.4 is 5.32 Å². The van der Waals surface area contributed by atoms with Gasteiger partial charge in [0.2, 0.25) is 5.95 Å². The third-order valence-corrected chi connectivity index (χ3v) is 3.59. The maximum atomic E-state index is 5.37. The van der Waals surface area contributed by atoms with E-state index in [9.17, 15) is 0 Å². The lowest BCUT2D eigenvalue weighted by Crippen LogP contribution is -2.11. The summed E-state index contributed by atoms with van der Waals surface area (Å²) in [7, 11) is 0. The first kappa shape index (κ1) is 13.4. The minimum Gasteiger partial charge on any atom is -0.382 e. The summed E-state index contributed by atoms with van der Waals surface area (Å²) in [5.74, 6) is 2.75. The predicted octanol–water partition coefficient (Wildman–Crippen LogP) is 2.69. The molecular formula is C14H25N3O. The van der Waals surface area contributed by atoms with Gasteiger partial charge in [0.15, 0.2) is 0 Å². The van der Waals surface area contributed by atoms with Crippen molar-refractivity contribution >= 4 is 5.95 Å². The molecule has 1 N–H and O–H groups in total. The molecule has 0 aliphatic heterocycles. The van der Waals surface area contributed by atoms with Crippen LogP contribution in [0.5, 0.6) is 0 Å². The predicted molar refractivity (Wildman–Crippen MR) is 73.8 cm³/mol. The minimum atomic E-state index is 0.799. The van der Waals surface area contributed by atoms with Crippen molar-refractivity contribution in [1.29, 1.82) is 0 Å². The summed E-state index contributed by atoms with van der Waals surface area (Å²) in [6.07, 6.45) is 4.51. The number of hydrogen-bond donors (Lipinski definition) is 1. The van der Waals surface area contributed by atoms with Crippen molar-refractivity contribution in [3.05, 3.63) is 11.9 Å². The highest BCUT2D eigenvalue weighted by Gasteiger charge is 2.32. The van der Waals surface area contributed by atoms with Gasteiger partial charge in [0, 0.05) is 32.5 Å². The average Bonchev–Trinajstić information content (AvgIpc) is 2.93. The first-order valence-corrected chi connectivity index (χ1v) is 7.06. The van der Waals surface area contributed by atoms with Crippen LogP contribution in [0, 0.1) is 18.8 Å². The Bertz CT molecular complexity index is 375. The molecule has 2 unspecified atom stereocenters. The zero-order valence-corrected chi connectivity index (χ0v) is 11.8. The summed E-state index contributed by atoms with van der Waals surface area (Å²) >= 11 is 0. The third-order valence-electron chi connectivity index (χ3n) is 3.59. The Labute approximate surface area is 110 Å². The smallest absolute Gasteiger partial charge is 0.203 e. The van der Waals surface area contributed by atoms with Crippen molar-refractivity contribution in [2.24, 2.45) is 11.8 Å². The molecule has 0 saturated heterocycles. The molecule has 2 rings (SSSR count). The molecule has 102 valence electrons. The van der Waals surface area contributed by atoms with E-state index in [0.717, 1.165) is 56.2 Å². The maximum Gasteiger partial charge on any atom is 0.203 e. The van der Waals surface area contributed by atoms with E-state index in [1.54, 1.807) is 0 Å². The number of nitrogens with one attached hydrogen (secondary N) is 1. The molecule has 18 heavy (non-hydrogen) atoms. The Morgan fingerprint density at radius 2 is 2.33 bits per heavy atom. The monoisotopic (exact) mass is 251 g/mol. The van der Waals surface area contributed by atoms with E-state index in [-0.39, 0.29) is 0 Å². The topological polar surface area (TPSA) is 39.1 Å². The van der Waals surface area contributed by atoms with E-state index in [1.807, 2.05) is 13.8 Å². The quantitative estimate of drug-likeness (QED) is 0.722. The van der Waals surface area contributed by atoms with Crippen LogP contribution in [0.15, 0.2) is 6.20 Å². The number of nitrogens with zero attached hydrogens (tertiary/aromatic N) is 2. The minimum absolute atomic E-state index is 0.799. The molecule has 0 amide bonds. The van der Waals surface area contributed by atoms with E-state index in [1.165, 1.54) is 6.42 Å². The molecule has 2 atom stereocenters. The zero-order valence-electron chi connectivity index (χ0n) is 11.8. The normalized spacial score (nSPS) is 22.2. The molecule has 0 bridgehead atoms. The van der Waals surface area contributed by atoms with Crippen LogP contribution in [0.4, 0.5) is 5.95 Å². The van der Waals surface area contributed by atoms with E-state index in [0.29, 0.717) is 0 Å². The molecular weight excluding hydrogens is 226 g/mol. The van der Waals surface area contributed by atoms with Gasteiger partial charge in [-0.15, -0.1) is 0 Å². The number of aryl methyl sites for hydroxylation is 2. The van der Waals surface area contributed by atoms with E-state index < -0.39 is 0 Å². The molecule has 1 aliphatic carbocycles. The molecule has 4 nitrogen and oxygen atoms in total. The second-order valence-corrected chi connectivity index (χ2v) is 5.30. The van der Waals surface area contributed by atoms with Crippen LogP contribution in [0.1, 0.15) is 32.4 Å². The van der Waals surface area contributed by atoms with Crippen molar-refractivity contribution in [3.8, 4) is 0 Å². The largest absolute Gasteiger partial charge is 0.382 e. The second-order valence-electron chi connectivity index (χ2n) is 5.30.